The zero-order chi connectivity index (χ0) is 15.6. The fourth-order valence-electron chi connectivity index (χ4n) is 2.74. The number of aryl methyl sites for hydroxylation is 1. The smallest absolute Gasteiger partial charge is 0.315 e. The van der Waals surface area contributed by atoms with Crippen molar-refractivity contribution in [2.75, 3.05) is 0 Å². The molecule has 4 nitrogen and oxygen atoms in total. The van der Waals surface area contributed by atoms with Gasteiger partial charge in [-0.3, -0.25) is 9.59 Å². The van der Waals surface area contributed by atoms with Gasteiger partial charge in [0, 0.05) is 0 Å². The molecule has 2 atom stereocenters. The minimum atomic E-state index is -1.08. The van der Waals surface area contributed by atoms with Crippen LogP contribution in [0.15, 0.2) is 18.2 Å². The molecule has 0 spiro atoms. The number of hydrogen-bond acceptors (Lipinski definition) is 2. The van der Waals surface area contributed by atoms with E-state index in [0.29, 0.717) is 5.92 Å². The zero-order valence-corrected chi connectivity index (χ0v) is 12.8. The van der Waals surface area contributed by atoms with E-state index in [1.54, 1.807) is 0 Å². The molecule has 2 rings (SSSR count). The van der Waals surface area contributed by atoms with Crippen molar-refractivity contribution in [3.63, 3.8) is 0 Å². The topological polar surface area (TPSA) is 66.4 Å². The Morgan fingerprint density at radius 3 is 2.62 bits per heavy atom. The van der Waals surface area contributed by atoms with Crippen LogP contribution in [0, 0.1) is 5.92 Å². The van der Waals surface area contributed by atoms with E-state index in [0.717, 1.165) is 24.8 Å². The normalized spacial score (nSPS) is 19.0. The van der Waals surface area contributed by atoms with Crippen LogP contribution in [0.5, 0.6) is 0 Å². The van der Waals surface area contributed by atoms with Crippen molar-refractivity contribution in [3.05, 3.63) is 34.9 Å². The van der Waals surface area contributed by atoms with Gasteiger partial charge >= 0.3 is 5.97 Å². The molecule has 0 aromatic heterocycles. The minimum absolute atomic E-state index is 0.0678. The first-order chi connectivity index (χ1) is 9.90. The Morgan fingerprint density at radius 1 is 1.29 bits per heavy atom. The molecule has 1 aliphatic carbocycles. The summed E-state index contributed by atoms with van der Waals surface area (Å²) in [6.07, 6.45) is 2.90. The number of fused-ring (bicyclic) bond motifs is 1. The van der Waals surface area contributed by atoms with E-state index >= 15 is 0 Å². The number of aliphatic carboxylic acids is 1. The SMILES string of the molecule is CC(C(=O)O)C(=O)N[C@@H]1CCCc2ccc(C(C)C)cc21. The average molecular weight is 289 g/mol. The molecule has 0 saturated carbocycles. The molecule has 114 valence electrons. The summed E-state index contributed by atoms with van der Waals surface area (Å²) >= 11 is 0. The highest BCUT2D eigenvalue weighted by atomic mass is 16.4. The number of hydrogen-bond donors (Lipinski definition) is 2. The molecule has 0 saturated heterocycles. The van der Waals surface area contributed by atoms with Crippen molar-refractivity contribution in [1.29, 1.82) is 0 Å². The number of carbonyl (C=O) groups is 2. The van der Waals surface area contributed by atoms with Crippen LogP contribution in [0.25, 0.3) is 0 Å². The molecule has 1 aliphatic rings. The molecule has 21 heavy (non-hydrogen) atoms. The molecule has 1 aromatic rings. The van der Waals surface area contributed by atoms with Gasteiger partial charge in [-0.05, 0) is 48.8 Å². The standard InChI is InChI=1S/C17H23NO3/c1-10(2)13-8-7-12-5-4-6-15(14(12)9-13)18-16(19)11(3)17(20)21/h7-11,15H,4-6H2,1-3H3,(H,18,19)(H,20,21)/t11?,15-/m1/s1. The van der Waals surface area contributed by atoms with Crippen LogP contribution in [0.4, 0.5) is 0 Å². The predicted molar refractivity (Wildman–Crippen MR) is 81.2 cm³/mol. The molecule has 1 aromatic carbocycles. The van der Waals surface area contributed by atoms with Crippen molar-refractivity contribution in [2.45, 2.75) is 52.0 Å². The van der Waals surface area contributed by atoms with Crippen LogP contribution in [0.2, 0.25) is 0 Å². The number of rotatable bonds is 4. The number of carbonyl (C=O) groups excluding carboxylic acids is 1. The second-order valence-electron chi connectivity index (χ2n) is 6.13. The molecule has 0 bridgehead atoms. The van der Waals surface area contributed by atoms with Gasteiger partial charge in [0.15, 0.2) is 0 Å². The zero-order valence-electron chi connectivity index (χ0n) is 12.8. The van der Waals surface area contributed by atoms with Crippen molar-refractivity contribution >= 4 is 11.9 Å². The highest BCUT2D eigenvalue weighted by molar-refractivity contribution is 5.96. The lowest BCUT2D eigenvalue weighted by molar-refractivity contribution is -0.146. The van der Waals surface area contributed by atoms with E-state index in [9.17, 15) is 9.59 Å². The lowest BCUT2D eigenvalue weighted by atomic mass is 9.85. The van der Waals surface area contributed by atoms with Crippen LogP contribution < -0.4 is 5.32 Å². The minimum Gasteiger partial charge on any atom is -0.481 e. The van der Waals surface area contributed by atoms with Gasteiger partial charge in [-0.1, -0.05) is 32.0 Å². The maximum Gasteiger partial charge on any atom is 0.315 e. The number of nitrogens with one attached hydrogen (secondary N) is 1. The summed E-state index contributed by atoms with van der Waals surface area (Å²) in [5, 5.41) is 11.8. The maximum absolute atomic E-state index is 12.0. The summed E-state index contributed by atoms with van der Waals surface area (Å²) < 4.78 is 0. The highest BCUT2D eigenvalue weighted by Crippen LogP contribution is 2.32. The van der Waals surface area contributed by atoms with Crippen molar-refractivity contribution in [1.82, 2.24) is 5.32 Å². The number of carboxylic acid groups (broad SMARTS) is 1. The Kier molecular flexibility index (Phi) is 4.66. The predicted octanol–water partition coefficient (Wildman–Crippen LogP) is 3.02. The molecule has 4 heteroatoms. The van der Waals surface area contributed by atoms with Gasteiger partial charge in [-0.25, -0.2) is 0 Å². The molecule has 0 fully saturated rings. The van der Waals surface area contributed by atoms with Gasteiger partial charge in [-0.15, -0.1) is 0 Å². The molecule has 1 unspecified atom stereocenters. The Labute approximate surface area is 125 Å². The van der Waals surface area contributed by atoms with Crippen molar-refractivity contribution < 1.29 is 14.7 Å². The van der Waals surface area contributed by atoms with Gasteiger partial charge in [0.25, 0.3) is 0 Å². The third-order valence-electron chi connectivity index (χ3n) is 4.23. The molecule has 2 N–H and O–H groups in total. The third kappa shape index (κ3) is 3.43. The Balaban J connectivity index is 2.22. The summed E-state index contributed by atoms with van der Waals surface area (Å²) in [4.78, 5) is 22.9. The summed E-state index contributed by atoms with van der Waals surface area (Å²) in [7, 11) is 0. The summed E-state index contributed by atoms with van der Waals surface area (Å²) in [5.41, 5.74) is 3.67. The Hall–Kier alpha value is -1.84. The third-order valence-corrected chi connectivity index (χ3v) is 4.23. The van der Waals surface area contributed by atoms with Gasteiger partial charge in [0.1, 0.15) is 5.92 Å². The molecule has 0 radical (unpaired) electrons. The lowest BCUT2D eigenvalue weighted by Crippen LogP contribution is -2.37. The van der Waals surface area contributed by atoms with E-state index in [1.807, 2.05) is 0 Å². The molecule has 0 heterocycles. The summed E-state index contributed by atoms with van der Waals surface area (Å²) in [6, 6.07) is 6.38. The maximum atomic E-state index is 12.0. The van der Waals surface area contributed by atoms with E-state index < -0.39 is 17.8 Å². The largest absolute Gasteiger partial charge is 0.481 e. The van der Waals surface area contributed by atoms with E-state index in [2.05, 4.69) is 37.4 Å². The Bertz CT molecular complexity index is 551. The van der Waals surface area contributed by atoms with Crippen LogP contribution >= 0.6 is 0 Å². The first kappa shape index (κ1) is 15.5. The quantitative estimate of drug-likeness (QED) is 0.837. The van der Waals surface area contributed by atoms with Gasteiger partial charge < -0.3 is 10.4 Å². The molecular formula is C17H23NO3. The first-order valence-electron chi connectivity index (χ1n) is 7.56. The molecular weight excluding hydrogens is 266 g/mol. The van der Waals surface area contributed by atoms with Gasteiger partial charge in [-0.2, -0.15) is 0 Å². The average Bonchev–Trinajstić information content (AvgIpc) is 2.46. The fourth-order valence-corrected chi connectivity index (χ4v) is 2.74. The van der Waals surface area contributed by atoms with Crippen LogP contribution in [0.1, 0.15) is 62.3 Å². The lowest BCUT2D eigenvalue weighted by Gasteiger charge is -2.28. The van der Waals surface area contributed by atoms with Crippen LogP contribution in [-0.4, -0.2) is 17.0 Å². The second-order valence-corrected chi connectivity index (χ2v) is 6.13. The fraction of sp³-hybridized carbons (Fsp3) is 0.529. The van der Waals surface area contributed by atoms with Gasteiger partial charge in [0.2, 0.25) is 5.91 Å². The van der Waals surface area contributed by atoms with Gasteiger partial charge in [0.05, 0.1) is 6.04 Å². The monoisotopic (exact) mass is 289 g/mol. The second kappa shape index (κ2) is 6.29. The number of carboxylic acids is 1. The number of amides is 1. The van der Waals surface area contributed by atoms with Crippen LogP contribution in [0.3, 0.4) is 0 Å². The van der Waals surface area contributed by atoms with E-state index in [1.165, 1.54) is 18.1 Å². The van der Waals surface area contributed by atoms with Crippen molar-refractivity contribution in [3.8, 4) is 0 Å². The number of benzene rings is 1. The molecule has 1 amide bonds. The highest BCUT2D eigenvalue weighted by Gasteiger charge is 2.27. The van der Waals surface area contributed by atoms with Crippen molar-refractivity contribution in [2.24, 2.45) is 5.92 Å². The van der Waals surface area contributed by atoms with Crippen LogP contribution in [-0.2, 0) is 16.0 Å². The first-order valence-corrected chi connectivity index (χ1v) is 7.56. The van der Waals surface area contributed by atoms with E-state index in [4.69, 9.17) is 5.11 Å². The van der Waals surface area contributed by atoms with E-state index in [-0.39, 0.29) is 6.04 Å². The summed E-state index contributed by atoms with van der Waals surface area (Å²) in [5.74, 6) is -2.06. The summed E-state index contributed by atoms with van der Waals surface area (Å²) in [6.45, 7) is 5.71. The Morgan fingerprint density at radius 2 is 2.00 bits per heavy atom. The molecule has 0 aliphatic heterocycles.